The third kappa shape index (κ3) is 3.96. The van der Waals surface area contributed by atoms with Crippen molar-refractivity contribution in [2.75, 3.05) is 20.3 Å². The van der Waals surface area contributed by atoms with E-state index in [1.165, 1.54) is 11.4 Å². The Kier molecular flexibility index (Phi) is 6.64. The van der Waals surface area contributed by atoms with Gasteiger partial charge in [-0.05, 0) is 43.5 Å². The number of methoxy groups -OCH3 is 1. The van der Waals surface area contributed by atoms with Crippen molar-refractivity contribution in [1.29, 1.82) is 0 Å². The first-order valence-corrected chi connectivity index (χ1v) is 8.65. The van der Waals surface area contributed by atoms with Crippen LogP contribution in [0.1, 0.15) is 32.8 Å². The van der Waals surface area contributed by atoms with Crippen LogP contribution in [-0.4, -0.2) is 44.1 Å². The lowest BCUT2D eigenvalue weighted by Gasteiger charge is -2.27. The normalized spacial score (nSPS) is 13.4. The van der Waals surface area contributed by atoms with Crippen molar-refractivity contribution in [1.82, 2.24) is 4.31 Å². The molecule has 1 rings (SSSR count). The first kappa shape index (κ1) is 17.9. The molecule has 0 aromatic heterocycles. The Labute approximate surface area is 127 Å². The third-order valence-electron chi connectivity index (χ3n) is 3.63. The summed E-state index contributed by atoms with van der Waals surface area (Å²) in [5, 5.41) is 9.18. The van der Waals surface area contributed by atoms with Gasteiger partial charge in [0.05, 0.1) is 12.0 Å². The summed E-state index contributed by atoms with van der Waals surface area (Å²) >= 11 is 0. The molecule has 6 heteroatoms. The van der Waals surface area contributed by atoms with Gasteiger partial charge in [-0.1, -0.05) is 13.8 Å². The first-order chi connectivity index (χ1) is 9.92. The molecule has 0 aliphatic rings. The van der Waals surface area contributed by atoms with Gasteiger partial charge in [-0.15, -0.1) is 0 Å². The van der Waals surface area contributed by atoms with E-state index in [1.807, 2.05) is 20.8 Å². The van der Waals surface area contributed by atoms with Crippen LogP contribution in [0.5, 0.6) is 5.75 Å². The second-order valence-corrected chi connectivity index (χ2v) is 6.77. The van der Waals surface area contributed by atoms with Crippen molar-refractivity contribution >= 4 is 10.0 Å². The number of rotatable bonds is 8. The highest BCUT2D eigenvalue weighted by Crippen LogP contribution is 2.26. The van der Waals surface area contributed by atoms with Gasteiger partial charge in [0.2, 0.25) is 10.0 Å². The summed E-state index contributed by atoms with van der Waals surface area (Å²) in [7, 11) is -2.04. The van der Waals surface area contributed by atoms with Crippen LogP contribution >= 0.6 is 0 Å². The molecule has 1 aromatic rings. The number of benzene rings is 1. The Hall–Kier alpha value is -1.11. The monoisotopic (exact) mass is 315 g/mol. The van der Waals surface area contributed by atoms with E-state index in [2.05, 4.69) is 0 Å². The number of sulfonamides is 1. The standard InChI is InChI=1S/C15H25NO4S/c1-5-12(3)16(6-2)21(18,19)15-8-7-14(20-4)11-13(15)9-10-17/h7-8,11-12,17H,5-6,9-10H2,1-4H3. The molecule has 0 saturated heterocycles. The van der Waals surface area contributed by atoms with Crippen molar-refractivity contribution in [3.8, 4) is 5.75 Å². The zero-order valence-corrected chi connectivity index (χ0v) is 14.0. The molecular formula is C15H25NO4S. The van der Waals surface area contributed by atoms with E-state index in [0.717, 1.165) is 6.42 Å². The van der Waals surface area contributed by atoms with Crippen LogP contribution in [0, 0.1) is 0 Å². The van der Waals surface area contributed by atoms with Crippen LogP contribution in [0.15, 0.2) is 23.1 Å². The minimum absolute atomic E-state index is 0.0657. The highest BCUT2D eigenvalue weighted by molar-refractivity contribution is 7.89. The molecule has 0 aliphatic heterocycles. The summed E-state index contributed by atoms with van der Waals surface area (Å²) in [6.45, 7) is 6.01. The van der Waals surface area contributed by atoms with Gasteiger partial charge in [0.1, 0.15) is 5.75 Å². The Morgan fingerprint density at radius 1 is 1.33 bits per heavy atom. The molecule has 0 bridgehead atoms. The topological polar surface area (TPSA) is 66.8 Å². The number of ether oxygens (including phenoxy) is 1. The SMILES string of the molecule is CCC(C)N(CC)S(=O)(=O)c1ccc(OC)cc1CCO. The Bertz CT molecular complexity index is 557. The lowest BCUT2D eigenvalue weighted by molar-refractivity contribution is 0.298. The summed E-state index contributed by atoms with van der Waals surface area (Å²) in [5.74, 6) is 0.587. The van der Waals surface area contributed by atoms with E-state index in [1.54, 1.807) is 18.2 Å². The predicted octanol–water partition coefficient (Wildman–Crippen LogP) is 2.04. The zero-order valence-electron chi connectivity index (χ0n) is 13.2. The van der Waals surface area contributed by atoms with Gasteiger partial charge in [0, 0.05) is 19.2 Å². The van der Waals surface area contributed by atoms with Crippen molar-refractivity contribution in [3.05, 3.63) is 23.8 Å². The fraction of sp³-hybridized carbons (Fsp3) is 0.600. The molecule has 120 valence electrons. The minimum atomic E-state index is -3.57. The van der Waals surface area contributed by atoms with E-state index in [-0.39, 0.29) is 24.0 Å². The second kappa shape index (κ2) is 7.77. The Morgan fingerprint density at radius 2 is 2.00 bits per heavy atom. The lowest BCUT2D eigenvalue weighted by atomic mass is 10.1. The van der Waals surface area contributed by atoms with E-state index >= 15 is 0 Å². The molecule has 1 N–H and O–H groups in total. The van der Waals surface area contributed by atoms with Gasteiger partial charge < -0.3 is 9.84 Å². The van der Waals surface area contributed by atoms with Gasteiger partial charge in [0.25, 0.3) is 0 Å². The van der Waals surface area contributed by atoms with E-state index < -0.39 is 10.0 Å². The summed E-state index contributed by atoms with van der Waals surface area (Å²) in [4.78, 5) is 0.250. The third-order valence-corrected chi connectivity index (χ3v) is 5.82. The smallest absolute Gasteiger partial charge is 0.243 e. The highest BCUT2D eigenvalue weighted by Gasteiger charge is 2.29. The van der Waals surface area contributed by atoms with Crippen molar-refractivity contribution in [2.45, 2.75) is 44.6 Å². The molecule has 1 unspecified atom stereocenters. The highest BCUT2D eigenvalue weighted by atomic mass is 32.2. The maximum Gasteiger partial charge on any atom is 0.243 e. The fourth-order valence-corrected chi connectivity index (χ4v) is 4.25. The number of nitrogens with zero attached hydrogens (tertiary/aromatic N) is 1. The van der Waals surface area contributed by atoms with Gasteiger partial charge in [0.15, 0.2) is 0 Å². The van der Waals surface area contributed by atoms with Gasteiger partial charge in [-0.25, -0.2) is 8.42 Å². The molecule has 0 saturated carbocycles. The quantitative estimate of drug-likeness (QED) is 0.797. The molecule has 0 aliphatic carbocycles. The van der Waals surface area contributed by atoms with Crippen LogP contribution in [0.3, 0.4) is 0 Å². The minimum Gasteiger partial charge on any atom is -0.497 e. The predicted molar refractivity (Wildman–Crippen MR) is 83.1 cm³/mol. The molecular weight excluding hydrogens is 290 g/mol. The number of aliphatic hydroxyl groups is 1. The molecule has 0 heterocycles. The maximum absolute atomic E-state index is 12.9. The fourth-order valence-electron chi connectivity index (χ4n) is 2.30. The van der Waals surface area contributed by atoms with E-state index in [4.69, 9.17) is 4.74 Å². The summed E-state index contributed by atoms with van der Waals surface area (Å²) in [5.41, 5.74) is 0.582. The van der Waals surface area contributed by atoms with Crippen LogP contribution < -0.4 is 4.74 Å². The summed E-state index contributed by atoms with van der Waals surface area (Å²) in [6, 6.07) is 4.81. The number of hydrogen-bond acceptors (Lipinski definition) is 4. The van der Waals surface area contributed by atoms with Crippen LogP contribution in [0.25, 0.3) is 0 Å². The number of hydrogen-bond donors (Lipinski definition) is 1. The Balaban J connectivity index is 3.35. The van der Waals surface area contributed by atoms with Crippen molar-refractivity contribution < 1.29 is 18.3 Å². The molecule has 1 aromatic carbocycles. The average Bonchev–Trinajstić information content (AvgIpc) is 2.47. The zero-order chi connectivity index (χ0) is 16.0. The summed E-state index contributed by atoms with van der Waals surface area (Å²) < 4.78 is 32.4. The van der Waals surface area contributed by atoms with Crippen molar-refractivity contribution in [2.24, 2.45) is 0 Å². The molecule has 0 amide bonds. The molecule has 0 radical (unpaired) electrons. The summed E-state index contributed by atoms with van der Waals surface area (Å²) in [6.07, 6.45) is 1.03. The van der Waals surface area contributed by atoms with Gasteiger partial charge in [-0.2, -0.15) is 4.31 Å². The lowest BCUT2D eigenvalue weighted by Crippen LogP contribution is -2.38. The first-order valence-electron chi connectivity index (χ1n) is 7.21. The number of aliphatic hydroxyl groups excluding tert-OH is 1. The van der Waals surface area contributed by atoms with Crippen LogP contribution in [0.2, 0.25) is 0 Å². The van der Waals surface area contributed by atoms with Gasteiger partial charge in [-0.3, -0.25) is 0 Å². The largest absolute Gasteiger partial charge is 0.497 e. The maximum atomic E-state index is 12.9. The van der Waals surface area contributed by atoms with E-state index in [0.29, 0.717) is 17.9 Å². The molecule has 5 nitrogen and oxygen atoms in total. The van der Waals surface area contributed by atoms with E-state index in [9.17, 15) is 13.5 Å². The van der Waals surface area contributed by atoms with Gasteiger partial charge >= 0.3 is 0 Å². The molecule has 0 spiro atoms. The van der Waals surface area contributed by atoms with Crippen molar-refractivity contribution in [3.63, 3.8) is 0 Å². The molecule has 21 heavy (non-hydrogen) atoms. The Morgan fingerprint density at radius 3 is 2.48 bits per heavy atom. The molecule has 0 fully saturated rings. The molecule has 1 atom stereocenters. The second-order valence-electron chi connectivity index (χ2n) is 4.91. The average molecular weight is 315 g/mol. The van der Waals surface area contributed by atoms with Crippen LogP contribution in [0.4, 0.5) is 0 Å². The van der Waals surface area contributed by atoms with Crippen LogP contribution in [-0.2, 0) is 16.4 Å².